The lowest BCUT2D eigenvalue weighted by molar-refractivity contribution is 0.0583. The highest BCUT2D eigenvalue weighted by molar-refractivity contribution is 7.89. The molecule has 8 nitrogen and oxygen atoms in total. The Bertz CT molecular complexity index is 1050. The summed E-state index contributed by atoms with van der Waals surface area (Å²) in [6, 6.07) is 9.50. The van der Waals surface area contributed by atoms with Gasteiger partial charge in [0.1, 0.15) is 0 Å². The van der Waals surface area contributed by atoms with Crippen molar-refractivity contribution in [1.82, 2.24) is 4.72 Å². The van der Waals surface area contributed by atoms with Crippen LogP contribution < -0.4 is 4.72 Å². The molecule has 1 N–H and O–H groups in total. The minimum Gasteiger partial charge on any atom is -0.465 e. The van der Waals surface area contributed by atoms with Crippen molar-refractivity contribution in [2.24, 2.45) is 0 Å². The van der Waals surface area contributed by atoms with Crippen LogP contribution in [0.2, 0.25) is 0 Å². The molecule has 156 valence electrons. The zero-order valence-electron chi connectivity index (χ0n) is 16.3. The molecule has 0 amide bonds. The van der Waals surface area contributed by atoms with Gasteiger partial charge in [-0.2, -0.15) is 0 Å². The van der Waals surface area contributed by atoms with E-state index in [2.05, 4.69) is 14.2 Å². The first-order chi connectivity index (χ1) is 13.6. The van der Waals surface area contributed by atoms with Gasteiger partial charge in [-0.05, 0) is 42.8 Å². The van der Waals surface area contributed by atoms with Gasteiger partial charge in [0.15, 0.2) is 0 Å². The van der Waals surface area contributed by atoms with Gasteiger partial charge in [0.2, 0.25) is 10.0 Å². The number of esters is 2. The molecular weight excluding hydrogens is 418 g/mol. The minimum atomic E-state index is -4.20. The molecule has 0 aliphatic carbocycles. The van der Waals surface area contributed by atoms with Crippen molar-refractivity contribution in [2.75, 3.05) is 20.5 Å². The summed E-state index contributed by atoms with van der Waals surface area (Å²) in [5, 5.41) is 0. The van der Waals surface area contributed by atoms with E-state index >= 15 is 0 Å². The van der Waals surface area contributed by atoms with Crippen LogP contribution in [-0.4, -0.2) is 45.0 Å². The number of hydrogen-bond acceptors (Lipinski definition) is 7. The van der Waals surface area contributed by atoms with Crippen molar-refractivity contribution in [2.45, 2.75) is 22.8 Å². The predicted octanol–water partition coefficient (Wildman–Crippen LogP) is 2.04. The van der Waals surface area contributed by atoms with Crippen molar-refractivity contribution in [1.29, 1.82) is 0 Å². The SMILES string of the molecule is COC(=O)c1ccc(C(=O)OC)c(S(=O)(=O)N[C@H](C)c2ccc([S@](C)=O)cc2)c1. The maximum absolute atomic E-state index is 13.0. The first kappa shape index (κ1) is 22.7. The van der Waals surface area contributed by atoms with E-state index in [4.69, 9.17) is 0 Å². The molecule has 0 aromatic heterocycles. The van der Waals surface area contributed by atoms with E-state index in [1.807, 2.05) is 0 Å². The van der Waals surface area contributed by atoms with Crippen LogP contribution in [0, 0.1) is 0 Å². The Morgan fingerprint density at radius 2 is 1.59 bits per heavy atom. The minimum absolute atomic E-state index is 0.0250. The summed E-state index contributed by atoms with van der Waals surface area (Å²) in [5.41, 5.74) is 0.394. The van der Waals surface area contributed by atoms with E-state index in [9.17, 15) is 22.2 Å². The van der Waals surface area contributed by atoms with Gasteiger partial charge in [-0.1, -0.05) is 12.1 Å². The number of methoxy groups -OCH3 is 2. The Balaban J connectivity index is 2.43. The van der Waals surface area contributed by atoms with Gasteiger partial charge in [-0.15, -0.1) is 0 Å². The number of nitrogens with one attached hydrogen (secondary N) is 1. The van der Waals surface area contributed by atoms with Crippen molar-refractivity contribution in [3.8, 4) is 0 Å². The van der Waals surface area contributed by atoms with Crippen LogP contribution in [-0.2, 0) is 30.3 Å². The fourth-order valence-corrected chi connectivity index (χ4v) is 4.55. The molecule has 0 spiro atoms. The number of ether oxygens (including phenoxy) is 2. The lowest BCUT2D eigenvalue weighted by Gasteiger charge is -2.17. The molecule has 2 atom stereocenters. The highest BCUT2D eigenvalue weighted by Gasteiger charge is 2.27. The monoisotopic (exact) mass is 439 g/mol. The average Bonchev–Trinajstić information content (AvgIpc) is 2.71. The molecule has 29 heavy (non-hydrogen) atoms. The molecule has 0 aliphatic heterocycles. The summed E-state index contributed by atoms with van der Waals surface area (Å²) in [7, 11) is -3.06. The third kappa shape index (κ3) is 5.28. The third-order valence-electron chi connectivity index (χ3n) is 4.14. The summed E-state index contributed by atoms with van der Waals surface area (Å²) < 4.78 is 49.2. The number of sulfonamides is 1. The number of carbonyl (C=O) groups is 2. The van der Waals surface area contributed by atoms with Gasteiger partial charge in [0.05, 0.1) is 30.2 Å². The molecule has 0 saturated carbocycles. The van der Waals surface area contributed by atoms with E-state index in [0.717, 1.165) is 20.3 Å². The second-order valence-corrected chi connectivity index (χ2v) is 9.12. The molecule has 0 unspecified atom stereocenters. The highest BCUT2D eigenvalue weighted by Crippen LogP contribution is 2.23. The zero-order valence-corrected chi connectivity index (χ0v) is 17.9. The summed E-state index contributed by atoms with van der Waals surface area (Å²) in [6.07, 6.45) is 1.55. The molecule has 0 radical (unpaired) electrons. The van der Waals surface area contributed by atoms with Crippen molar-refractivity contribution < 1.29 is 31.7 Å². The maximum Gasteiger partial charge on any atom is 0.339 e. The van der Waals surface area contributed by atoms with Crippen molar-refractivity contribution >= 4 is 32.8 Å². The summed E-state index contributed by atoms with van der Waals surface area (Å²) in [5.74, 6) is -1.60. The second-order valence-electron chi connectivity index (χ2n) is 6.06. The zero-order chi connectivity index (χ0) is 21.8. The largest absolute Gasteiger partial charge is 0.465 e. The van der Waals surface area contributed by atoms with Crippen molar-refractivity contribution in [3.05, 3.63) is 59.2 Å². The standard InChI is InChI=1S/C19H21NO7S2/c1-12(13-5-8-15(9-6-13)28(4)23)20-29(24,25)17-11-14(18(21)26-2)7-10-16(17)19(22)27-3/h5-12,20H,1-4H3/t12-,28+/m1/s1. The Morgan fingerprint density at radius 3 is 2.10 bits per heavy atom. The summed E-state index contributed by atoms with van der Waals surface area (Å²) >= 11 is 0. The molecule has 2 rings (SSSR count). The Kier molecular flexibility index (Phi) is 7.28. The van der Waals surface area contributed by atoms with Crippen LogP contribution in [0.15, 0.2) is 52.3 Å². The molecule has 0 saturated heterocycles. The third-order valence-corrected chi connectivity index (χ3v) is 6.66. The van der Waals surface area contributed by atoms with Crippen LogP contribution in [0.3, 0.4) is 0 Å². The van der Waals surface area contributed by atoms with Crippen LogP contribution >= 0.6 is 0 Å². The molecule has 0 aliphatic rings. The second kappa shape index (κ2) is 9.29. The topological polar surface area (TPSA) is 116 Å². The summed E-state index contributed by atoms with van der Waals surface area (Å²) in [4.78, 5) is 24.0. The first-order valence-electron chi connectivity index (χ1n) is 8.37. The van der Waals surface area contributed by atoms with E-state index in [1.54, 1.807) is 37.4 Å². The van der Waals surface area contributed by atoms with Crippen LogP contribution in [0.1, 0.15) is 39.2 Å². The van der Waals surface area contributed by atoms with Crippen LogP contribution in [0.5, 0.6) is 0 Å². The van der Waals surface area contributed by atoms with Crippen LogP contribution in [0.25, 0.3) is 0 Å². The van der Waals surface area contributed by atoms with Gasteiger partial charge in [-0.25, -0.2) is 22.7 Å². The number of hydrogen-bond donors (Lipinski definition) is 1. The first-order valence-corrected chi connectivity index (χ1v) is 11.4. The fourth-order valence-electron chi connectivity index (χ4n) is 2.58. The normalized spacial score (nSPS) is 13.4. The van der Waals surface area contributed by atoms with Gasteiger partial charge >= 0.3 is 11.9 Å². The Morgan fingerprint density at radius 1 is 1.00 bits per heavy atom. The molecule has 0 heterocycles. The van der Waals surface area contributed by atoms with Crippen molar-refractivity contribution in [3.63, 3.8) is 0 Å². The number of benzene rings is 2. The average molecular weight is 440 g/mol. The number of rotatable bonds is 7. The van der Waals surface area contributed by atoms with E-state index in [1.165, 1.54) is 12.1 Å². The van der Waals surface area contributed by atoms with Gasteiger partial charge in [0, 0.05) is 28.0 Å². The van der Waals surface area contributed by atoms with Gasteiger partial charge in [-0.3, -0.25) is 4.21 Å². The van der Waals surface area contributed by atoms with E-state index in [-0.39, 0.29) is 11.1 Å². The molecule has 0 fully saturated rings. The molecular formula is C19H21NO7S2. The van der Waals surface area contributed by atoms with E-state index in [0.29, 0.717) is 10.5 Å². The molecule has 10 heteroatoms. The van der Waals surface area contributed by atoms with E-state index < -0.39 is 43.7 Å². The molecule has 2 aromatic rings. The molecule has 0 bridgehead atoms. The Labute approximate surface area is 171 Å². The smallest absolute Gasteiger partial charge is 0.339 e. The highest BCUT2D eigenvalue weighted by atomic mass is 32.2. The quantitative estimate of drug-likeness (QED) is 0.656. The molecule has 2 aromatic carbocycles. The Hall–Kier alpha value is -2.56. The summed E-state index contributed by atoms with van der Waals surface area (Å²) in [6.45, 7) is 1.62. The maximum atomic E-state index is 13.0. The predicted molar refractivity (Wildman–Crippen MR) is 107 cm³/mol. The van der Waals surface area contributed by atoms with Crippen LogP contribution in [0.4, 0.5) is 0 Å². The lowest BCUT2D eigenvalue weighted by Crippen LogP contribution is -2.29. The fraction of sp³-hybridized carbons (Fsp3) is 0.263. The van der Waals surface area contributed by atoms with Gasteiger partial charge in [0.25, 0.3) is 0 Å². The number of carbonyl (C=O) groups excluding carboxylic acids is 2. The van der Waals surface area contributed by atoms with Gasteiger partial charge < -0.3 is 9.47 Å². The lowest BCUT2D eigenvalue weighted by atomic mass is 10.1.